The smallest absolute Gasteiger partial charge is 0.234 e. The fourth-order valence-corrected chi connectivity index (χ4v) is 5.10. The summed E-state index contributed by atoms with van der Waals surface area (Å²) in [5.41, 5.74) is 2.56. The molecule has 0 bridgehead atoms. The van der Waals surface area contributed by atoms with Crippen LogP contribution in [0.5, 0.6) is 0 Å². The normalized spacial score (nSPS) is 17.3. The van der Waals surface area contributed by atoms with E-state index in [2.05, 4.69) is 47.6 Å². The Morgan fingerprint density at radius 3 is 2.65 bits per heavy atom. The molecule has 1 heterocycles. The molecule has 0 radical (unpaired) electrons. The van der Waals surface area contributed by atoms with E-state index in [0.29, 0.717) is 0 Å². The van der Waals surface area contributed by atoms with E-state index in [1.807, 2.05) is 12.3 Å². The highest BCUT2D eigenvalue weighted by atomic mass is 32.2. The molecule has 26 heavy (non-hydrogen) atoms. The van der Waals surface area contributed by atoms with Crippen LogP contribution in [-0.4, -0.2) is 21.7 Å². The molecule has 1 aliphatic rings. The average molecular weight is 386 g/mol. The number of thioether (sulfide) groups is 1. The van der Waals surface area contributed by atoms with Crippen molar-refractivity contribution in [2.75, 3.05) is 0 Å². The summed E-state index contributed by atoms with van der Waals surface area (Å²) < 4.78 is 0.873. The SMILES string of the molecule is Cc1ccc(-c2csc(S[C@H](C)C(=O)NC3(C#N)CCCCC3)n2)cc1. The van der Waals surface area contributed by atoms with E-state index in [9.17, 15) is 10.1 Å². The van der Waals surface area contributed by atoms with Crippen molar-refractivity contribution in [2.24, 2.45) is 0 Å². The molecule has 3 rings (SSSR count). The van der Waals surface area contributed by atoms with Crippen molar-refractivity contribution in [2.45, 2.75) is 61.1 Å². The van der Waals surface area contributed by atoms with Crippen molar-refractivity contribution in [1.82, 2.24) is 10.3 Å². The lowest BCUT2D eigenvalue weighted by atomic mass is 9.83. The molecule has 1 aromatic heterocycles. The van der Waals surface area contributed by atoms with Crippen LogP contribution in [0.4, 0.5) is 0 Å². The number of nitriles is 1. The molecule has 1 amide bonds. The van der Waals surface area contributed by atoms with E-state index in [-0.39, 0.29) is 11.2 Å². The topological polar surface area (TPSA) is 65.8 Å². The number of carbonyl (C=O) groups excluding carboxylic acids is 1. The van der Waals surface area contributed by atoms with Gasteiger partial charge in [-0.3, -0.25) is 4.79 Å². The van der Waals surface area contributed by atoms with E-state index in [4.69, 9.17) is 0 Å². The Labute approximate surface area is 163 Å². The number of nitrogens with one attached hydrogen (secondary N) is 1. The van der Waals surface area contributed by atoms with Crippen molar-refractivity contribution in [3.63, 3.8) is 0 Å². The molecule has 1 fully saturated rings. The molecule has 0 spiro atoms. The summed E-state index contributed by atoms with van der Waals surface area (Å²) >= 11 is 3.01. The number of benzene rings is 1. The summed E-state index contributed by atoms with van der Waals surface area (Å²) in [5, 5.41) is 14.3. The molecular formula is C20H23N3OS2. The summed E-state index contributed by atoms with van der Waals surface area (Å²) in [6.45, 7) is 3.94. The van der Waals surface area contributed by atoms with E-state index in [0.717, 1.165) is 47.7 Å². The standard InChI is InChI=1S/C20H23N3OS2/c1-14-6-8-16(9-7-14)17-12-25-19(22-17)26-15(2)18(24)23-20(13-21)10-4-3-5-11-20/h6-9,12,15H,3-5,10-11H2,1-2H3,(H,23,24)/t15-/m1/s1. The maximum Gasteiger partial charge on any atom is 0.234 e. The van der Waals surface area contributed by atoms with Gasteiger partial charge in [0.15, 0.2) is 4.34 Å². The Bertz CT molecular complexity index is 801. The van der Waals surface area contributed by atoms with E-state index in [1.165, 1.54) is 17.3 Å². The van der Waals surface area contributed by atoms with Crippen LogP contribution in [0.25, 0.3) is 11.3 Å². The number of hydrogen-bond donors (Lipinski definition) is 1. The molecule has 6 heteroatoms. The van der Waals surface area contributed by atoms with Crippen LogP contribution in [0.1, 0.15) is 44.6 Å². The predicted molar refractivity (Wildman–Crippen MR) is 107 cm³/mol. The Hall–Kier alpha value is -1.84. The molecule has 4 nitrogen and oxygen atoms in total. The average Bonchev–Trinajstić information content (AvgIpc) is 3.11. The summed E-state index contributed by atoms with van der Waals surface area (Å²) in [6, 6.07) is 10.6. The highest BCUT2D eigenvalue weighted by Gasteiger charge is 2.35. The van der Waals surface area contributed by atoms with Crippen LogP contribution >= 0.6 is 23.1 Å². The van der Waals surface area contributed by atoms with Gasteiger partial charge in [-0.05, 0) is 26.7 Å². The van der Waals surface area contributed by atoms with E-state index >= 15 is 0 Å². The molecule has 1 aliphatic carbocycles. The van der Waals surface area contributed by atoms with Gasteiger partial charge >= 0.3 is 0 Å². The summed E-state index contributed by atoms with van der Waals surface area (Å²) in [4.78, 5) is 17.2. The molecule has 136 valence electrons. The Kier molecular flexibility index (Phi) is 6.00. The van der Waals surface area contributed by atoms with Crippen molar-refractivity contribution in [3.05, 3.63) is 35.2 Å². The minimum Gasteiger partial charge on any atom is -0.337 e. The summed E-state index contributed by atoms with van der Waals surface area (Å²) in [7, 11) is 0. The van der Waals surface area contributed by atoms with Gasteiger partial charge in [0, 0.05) is 10.9 Å². The molecule has 0 aliphatic heterocycles. The molecule has 1 saturated carbocycles. The van der Waals surface area contributed by atoms with Crippen molar-refractivity contribution in [1.29, 1.82) is 5.26 Å². The van der Waals surface area contributed by atoms with Crippen molar-refractivity contribution in [3.8, 4) is 17.3 Å². The lowest BCUT2D eigenvalue weighted by Gasteiger charge is -2.32. The second-order valence-electron chi connectivity index (χ2n) is 6.87. The number of hydrogen-bond acceptors (Lipinski definition) is 5. The number of carbonyl (C=O) groups is 1. The zero-order valence-corrected chi connectivity index (χ0v) is 16.8. The zero-order chi connectivity index (χ0) is 18.6. The van der Waals surface area contributed by atoms with Crippen LogP contribution in [0.3, 0.4) is 0 Å². The molecule has 2 aromatic rings. The van der Waals surface area contributed by atoms with Crippen molar-refractivity contribution < 1.29 is 4.79 Å². The van der Waals surface area contributed by atoms with Crippen molar-refractivity contribution >= 4 is 29.0 Å². The van der Waals surface area contributed by atoms with Gasteiger partial charge in [0.2, 0.25) is 5.91 Å². The number of thiazole rings is 1. The molecule has 0 unspecified atom stereocenters. The Balaban J connectivity index is 1.62. The first-order valence-corrected chi connectivity index (χ1v) is 10.7. The van der Waals surface area contributed by atoms with Crippen LogP contribution in [0.15, 0.2) is 34.0 Å². The van der Waals surface area contributed by atoms with Crippen LogP contribution in [0.2, 0.25) is 0 Å². The van der Waals surface area contributed by atoms with Crippen LogP contribution in [-0.2, 0) is 4.79 Å². The zero-order valence-electron chi connectivity index (χ0n) is 15.1. The lowest BCUT2D eigenvalue weighted by Crippen LogP contribution is -2.50. The minimum absolute atomic E-state index is 0.0782. The maximum absolute atomic E-state index is 12.6. The fourth-order valence-electron chi connectivity index (χ4n) is 3.13. The predicted octanol–water partition coefficient (Wildman–Crippen LogP) is 4.94. The van der Waals surface area contributed by atoms with Crippen LogP contribution in [0, 0.1) is 18.3 Å². The van der Waals surface area contributed by atoms with E-state index < -0.39 is 5.54 Å². The first-order chi connectivity index (χ1) is 12.5. The highest BCUT2D eigenvalue weighted by Crippen LogP contribution is 2.32. The van der Waals surface area contributed by atoms with Gasteiger partial charge in [-0.1, -0.05) is 60.9 Å². The first-order valence-electron chi connectivity index (χ1n) is 8.94. The largest absolute Gasteiger partial charge is 0.337 e. The summed E-state index contributed by atoms with van der Waals surface area (Å²) in [5.74, 6) is -0.0782. The molecule has 0 saturated heterocycles. The molecule has 1 N–H and O–H groups in total. The number of aryl methyl sites for hydroxylation is 1. The van der Waals surface area contributed by atoms with Gasteiger partial charge < -0.3 is 5.32 Å². The second kappa shape index (κ2) is 8.24. The number of nitrogens with zero attached hydrogens (tertiary/aromatic N) is 2. The minimum atomic E-state index is -0.680. The molecule has 1 aromatic carbocycles. The summed E-state index contributed by atoms with van der Waals surface area (Å²) in [6.07, 6.45) is 4.65. The third-order valence-corrected chi connectivity index (χ3v) is 6.83. The quantitative estimate of drug-likeness (QED) is 0.740. The molecular weight excluding hydrogens is 362 g/mol. The third-order valence-electron chi connectivity index (χ3n) is 4.76. The van der Waals surface area contributed by atoms with E-state index in [1.54, 1.807) is 11.3 Å². The number of rotatable bonds is 5. The monoisotopic (exact) mass is 385 g/mol. The van der Waals surface area contributed by atoms with Gasteiger partial charge in [-0.2, -0.15) is 5.26 Å². The Morgan fingerprint density at radius 2 is 2.00 bits per heavy atom. The Morgan fingerprint density at radius 1 is 1.31 bits per heavy atom. The second-order valence-corrected chi connectivity index (χ2v) is 9.31. The van der Waals surface area contributed by atoms with Gasteiger partial charge in [0.25, 0.3) is 0 Å². The van der Waals surface area contributed by atoms with Gasteiger partial charge in [-0.15, -0.1) is 11.3 Å². The van der Waals surface area contributed by atoms with Gasteiger partial charge in [0.05, 0.1) is 17.0 Å². The molecule has 1 atom stereocenters. The first kappa shape index (κ1) is 18.9. The highest BCUT2D eigenvalue weighted by molar-refractivity contribution is 8.02. The van der Waals surface area contributed by atoms with Crippen LogP contribution < -0.4 is 5.32 Å². The van der Waals surface area contributed by atoms with Gasteiger partial charge in [-0.25, -0.2) is 4.98 Å². The van der Waals surface area contributed by atoms with Gasteiger partial charge in [0.1, 0.15) is 5.54 Å². The number of amides is 1. The number of aromatic nitrogens is 1. The fraction of sp³-hybridized carbons (Fsp3) is 0.450. The maximum atomic E-state index is 12.6. The lowest BCUT2D eigenvalue weighted by molar-refractivity contribution is -0.121. The third kappa shape index (κ3) is 4.46.